The van der Waals surface area contributed by atoms with E-state index in [-0.39, 0.29) is 0 Å². The molecule has 5 nitrogen and oxygen atoms in total. The molecular weight excluding hydrogens is 839 g/mol. The van der Waals surface area contributed by atoms with Gasteiger partial charge in [0.05, 0.1) is 44.1 Å². The van der Waals surface area contributed by atoms with Gasteiger partial charge >= 0.3 is 0 Å². The monoisotopic (exact) mass is 875 g/mol. The van der Waals surface area contributed by atoms with E-state index in [0.717, 1.165) is 83.2 Å². The number of fused-ring (bicyclic) bond motifs is 13. The number of hydrogen-bond acceptors (Lipinski definition) is 2. The molecule has 0 saturated heterocycles. The SMILES string of the molecule is c1ccc(-n2c3ccccc3c3cc(-c4nc5c(ccc6ccccc65)nc4-n4c5cc6c(c7c5c5c8c(cccc8ccc54)-c4ccccc4-7)c4ccccc4n6-c4ccccc4)ccc32)cc1. The highest BCUT2D eigenvalue weighted by atomic mass is 15.1. The Labute approximate surface area is 395 Å². The quantitative estimate of drug-likeness (QED) is 0.165. The summed E-state index contributed by atoms with van der Waals surface area (Å²) in [5.41, 5.74) is 17.6. The lowest BCUT2D eigenvalue weighted by Crippen LogP contribution is -2.04. The minimum Gasteiger partial charge on any atom is -0.309 e. The minimum atomic E-state index is 0.794. The number of para-hydroxylation sites is 4. The molecule has 1 aliphatic carbocycles. The van der Waals surface area contributed by atoms with Crippen molar-refractivity contribution in [2.24, 2.45) is 0 Å². The standard InChI is InChI=1S/C64H37N5/c1-3-18-41(19-4-1)67-51-28-13-11-24-45(51)49-36-40(32-34-53(49)67)62-64(65-50-33-30-38-16-7-8-22-43(38)63(50)66-62)69-54-35-31-39-17-15-27-46-44-23-9-10-25-47(44)59-58-48-26-12-14-29-52(48)68(42-20-5-2-6-21-42)55(58)37-56(69)61(59)60(54)57(39)46/h1-37H. The van der Waals surface area contributed by atoms with Crippen molar-refractivity contribution in [3.8, 4) is 50.7 Å². The van der Waals surface area contributed by atoms with Crippen LogP contribution in [0.25, 0.3) is 149 Å². The van der Waals surface area contributed by atoms with Crippen LogP contribution < -0.4 is 0 Å². The van der Waals surface area contributed by atoms with Crippen LogP contribution in [-0.2, 0) is 0 Å². The summed E-state index contributed by atoms with van der Waals surface area (Å²) < 4.78 is 7.27. The van der Waals surface area contributed by atoms with Crippen LogP contribution in [0.2, 0.25) is 0 Å². The van der Waals surface area contributed by atoms with Crippen LogP contribution >= 0.6 is 0 Å². The van der Waals surface area contributed by atoms with Crippen LogP contribution in [0, 0.1) is 0 Å². The molecule has 0 bridgehead atoms. The van der Waals surface area contributed by atoms with Crippen molar-refractivity contribution in [2.75, 3.05) is 0 Å². The first-order valence-electron chi connectivity index (χ1n) is 23.7. The van der Waals surface area contributed by atoms with Gasteiger partial charge < -0.3 is 9.13 Å². The van der Waals surface area contributed by atoms with Gasteiger partial charge in [0.15, 0.2) is 5.82 Å². The third-order valence-corrected chi connectivity index (χ3v) is 14.9. The van der Waals surface area contributed by atoms with Gasteiger partial charge in [0.25, 0.3) is 0 Å². The van der Waals surface area contributed by atoms with Crippen molar-refractivity contribution < 1.29 is 0 Å². The molecule has 69 heavy (non-hydrogen) atoms. The molecule has 0 radical (unpaired) electrons. The van der Waals surface area contributed by atoms with E-state index in [4.69, 9.17) is 9.97 Å². The van der Waals surface area contributed by atoms with Crippen molar-refractivity contribution in [2.45, 2.75) is 0 Å². The van der Waals surface area contributed by atoms with Gasteiger partial charge in [0.1, 0.15) is 5.69 Å². The Morgan fingerprint density at radius 1 is 0.304 bits per heavy atom. The van der Waals surface area contributed by atoms with E-state index in [0.29, 0.717) is 0 Å². The molecule has 4 heterocycles. The van der Waals surface area contributed by atoms with Crippen molar-refractivity contribution >= 4 is 98.0 Å². The Morgan fingerprint density at radius 3 is 1.71 bits per heavy atom. The van der Waals surface area contributed by atoms with Crippen molar-refractivity contribution in [1.82, 2.24) is 23.7 Å². The van der Waals surface area contributed by atoms with E-state index in [1.807, 2.05) is 0 Å². The van der Waals surface area contributed by atoms with Crippen molar-refractivity contribution in [3.63, 3.8) is 0 Å². The Bertz CT molecular complexity index is 4710. The number of aromatic nitrogens is 5. The van der Waals surface area contributed by atoms with Gasteiger partial charge in [0, 0.05) is 60.2 Å². The second-order valence-corrected chi connectivity index (χ2v) is 18.4. The zero-order valence-electron chi connectivity index (χ0n) is 37.1. The summed E-state index contributed by atoms with van der Waals surface area (Å²) >= 11 is 0. The maximum atomic E-state index is 5.83. The zero-order chi connectivity index (χ0) is 44.9. The first-order valence-corrected chi connectivity index (χ1v) is 23.7. The van der Waals surface area contributed by atoms with Crippen LogP contribution in [0.15, 0.2) is 224 Å². The lowest BCUT2D eigenvalue weighted by molar-refractivity contribution is 1.08. The summed E-state index contributed by atoms with van der Waals surface area (Å²) in [5, 5.41) is 12.0. The topological polar surface area (TPSA) is 40.6 Å². The maximum absolute atomic E-state index is 5.83. The van der Waals surface area contributed by atoms with Crippen molar-refractivity contribution in [3.05, 3.63) is 224 Å². The highest BCUT2D eigenvalue weighted by Gasteiger charge is 2.31. The first kappa shape index (κ1) is 36.8. The fourth-order valence-electron chi connectivity index (χ4n) is 12.1. The summed E-state index contributed by atoms with van der Waals surface area (Å²) in [6.45, 7) is 0. The minimum absolute atomic E-state index is 0.794. The number of rotatable bonds is 4. The van der Waals surface area contributed by atoms with Crippen LogP contribution in [0.3, 0.4) is 0 Å². The largest absolute Gasteiger partial charge is 0.309 e. The number of hydrogen-bond donors (Lipinski definition) is 0. The summed E-state index contributed by atoms with van der Waals surface area (Å²) in [7, 11) is 0. The Hall–Kier alpha value is -9.32. The van der Waals surface area contributed by atoms with Gasteiger partial charge in [-0.1, -0.05) is 158 Å². The molecule has 0 N–H and O–H groups in total. The molecule has 5 heteroatoms. The molecule has 0 unspecified atom stereocenters. The number of benzene rings is 11. The van der Waals surface area contributed by atoms with Gasteiger partial charge in [-0.05, 0) is 99.6 Å². The predicted octanol–water partition coefficient (Wildman–Crippen LogP) is 16.5. The Morgan fingerprint density at radius 2 is 0.899 bits per heavy atom. The third kappa shape index (κ3) is 4.92. The average molecular weight is 876 g/mol. The molecular formula is C64H37N5. The van der Waals surface area contributed by atoms with Crippen LogP contribution in [0.1, 0.15) is 0 Å². The second-order valence-electron chi connectivity index (χ2n) is 18.4. The van der Waals surface area contributed by atoms with Crippen LogP contribution in [-0.4, -0.2) is 23.7 Å². The fraction of sp³-hybridized carbons (Fsp3) is 0. The smallest absolute Gasteiger partial charge is 0.165 e. The molecule has 0 saturated carbocycles. The fourth-order valence-corrected chi connectivity index (χ4v) is 12.1. The Kier molecular flexibility index (Phi) is 7.28. The summed E-state index contributed by atoms with van der Waals surface area (Å²) in [6.07, 6.45) is 0. The zero-order valence-corrected chi connectivity index (χ0v) is 37.1. The predicted molar refractivity (Wildman–Crippen MR) is 287 cm³/mol. The second kappa shape index (κ2) is 13.6. The van der Waals surface area contributed by atoms with Gasteiger partial charge in [-0.15, -0.1) is 0 Å². The van der Waals surface area contributed by atoms with E-state index in [9.17, 15) is 0 Å². The average Bonchev–Trinajstić information content (AvgIpc) is 4.02. The Balaban J connectivity index is 1.11. The lowest BCUT2D eigenvalue weighted by Gasteiger charge is -2.17. The third-order valence-electron chi connectivity index (χ3n) is 14.9. The summed E-state index contributed by atoms with van der Waals surface area (Å²) in [4.78, 5) is 11.6. The van der Waals surface area contributed by atoms with E-state index in [2.05, 4.69) is 238 Å². The van der Waals surface area contributed by atoms with Crippen LogP contribution in [0.5, 0.6) is 0 Å². The molecule has 15 aromatic rings. The highest BCUT2D eigenvalue weighted by Crippen LogP contribution is 2.54. The van der Waals surface area contributed by atoms with Gasteiger partial charge in [-0.3, -0.25) is 4.57 Å². The van der Waals surface area contributed by atoms with E-state index < -0.39 is 0 Å². The maximum Gasteiger partial charge on any atom is 0.165 e. The molecule has 0 atom stereocenters. The highest BCUT2D eigenvalue weighted by molar-refractivity contribution is 6.36. The molecule has 0 fully saturated rings. The molecule has 1 aliphatic rings. The normalized spacial score (nSPS) is 12.3. The molecule has 16 rings (SSSR count). The molecule has 11 aromatic carbocycles. The van der Waals surface area contributed by atoms with E-state index >= 15 is 0 Å². The van der Waals surface area contributed by atoms with Crippen molar-refractivity contribution in [1.29, 1.82) is 0 Å². The molecule has 318 valence electrons. The first-order chi connectivity index (χ1) is 34.3. The van der Waals surface area contributed by atoms with Crippen LogP contribution in [0.4, 0.5) is 0 Å². The summed E-state index contributed by atoms with van der Waals surface area (Å²) in [5.74, 6) is 0.794. The van der Waals surface area contributed by atoms with Gasteiger partial charge in [-0.25, -0.2) is 9.97 Å². The molecule has 4 aromatic heterocycles. The summed E-state index contributed by atoms with van der Waals surface area (Å²) in [6, 6.07) is 81.8. The van der Waals surface area contributed by atoms with E-state index in [1.165, 1.54) is 65.5 Å². The number of nitrogens with zero attached hydrogens (tertiary/aromatic N) is 5. The lowest BCUT2D eigenvalue weighted by atomic mass is 9.91. The van der Waals surface area contributed by atoms with Gasteiger partial charge in [0.2, 0.25) is 0 Å². The van der Waals surface area contributed by atoms with E-state index in [1.54, 1.807) is 0 Å². The molecule has 0 spiro atoms. The van der Waals surface area contributed by atoms with Gasteiger partial charge in [-0.2, -0.15) is 0 Å². The molecule has 0 amide bonds. The molecule has 0 aliphatic heterocycles.